The molecule has 0 saturated carbocycles. The molecular formula is C20H40NO8P. The highest BCUT2D eigenvalue weighted by Gasteiger charge is 2.23. The van der Waals surface area contributed by atoms with Crippen LogP contribution < -0.4 is 5.32 Å². The number of amides is 1. The van der Waals surface area contributed by atoms with Crippen molar-refractivity contribution in [3.05, 3.63) is 0 Å². The van der Waals surface area contributed by atoms with E-state index in [0.717, 1.165) is 57.8 Å². The first-order chi connectivity index (χ1) is 14.3. The lowest BCUT2D eigenvalue weighted by Crippen LogP contribution is -2.27. The molecule has 1 amide bonds. The van der Waals surface area contributed by atoms with Crippen LogP contribution in [0.5, 0.6) is 0 Å². The Kier molecular flexibility index (Phi) is 18.1. The summed E-state index contributed by atoms with van der Waals surface area (Å²) in [6.45, 7) is 3.26. The van der Waals surface area contributed by atoms with E-state index in [1.165, 1.54) is 0 Å². The Balaban J connectivity index is 3.77. The number of carbonyl (C=O) groups is 2. The zero-order valence-corrected chi connectivity index (χ0v) is 19.4. The number of rotatable bonds is 20. The molecule has 0 aliphatic heterocycles. The third-order valence-corrected chi connectivity index (χ3v) is 5.27. The summed E-state index contributed by atoms with van der Waals surface area (Å²) in [4.78, 5) is 32.7. The van der Waals surface area contributed by atoms with E-state index in [0.29, 0.717) is 6.42 Å². The van der Waals surface area contributed by atoms with Crippen LogP contribution in [0.15, 0.2) is 0 Å². The van der Waals surface area contributed by atoms with Crippen molar-refractivity contribution >= 4 is 19.7 Å². The Bertz CT molecular complexity index is 503. The van der Waals surface area contributed by atoms with Gasteiger partial charge in [-0.05, 0) is 12.8 Å². The minimum Gasteiger partial charge on any atom is -0.463 e. The number of aliphatic hydroxyl groups excluding tert-OH is 1. The number of hydrogen-bond donors (Lipinski definition) is 3. The summed E-state index contributed by atoms with van der Waals surface area (Å²) in [5, 5.41) is 12.3. The molecule has 0 aliphatic rings. The van der Waals surface area contributed by atoms with E-state index >= 15 is 0 Å². The van der Waals surface area contributed by atoms with Crippen molar-refractivity contribution in [1.82, 2.24) is 5.32 Å². The maximum absolute atomic E-state index is 11.8. The smallest absolute Gasteiger partial charge is 0.463 e. The molecule has 0 heterocycles. The summed E-state index contributed by atoms with van der Waals surface area (Å²) in [7, 11) is -4.36. The standard InChI is InChI=1S/C20H40NO8P/c1-3-5-7-9-11-13-20(24)27-16-18(22)17-29-30(25,26)28-15-14-21-19(23)12-10-8-6-4-2/h18,22H,3-17H2,1-2H3,(H,21,23)(H,25,26). The van der Waals surface area contributed by atoms with E-state index in [1.54, 1.807) is 0 Å². The number of esters is 1. The summed E-state index contributed by atoms with van der Waals surface area (Å²) < 4.78 is 26.1. The topological polar surface area (TPSA) is 131 Å². The second-order valence-electron chi connectivity index (χ2n) is 7.26. The first kappa shape index (κ1) is 29.0. The lowest BCUT2D eigenvalue weighted by Gasteiger charge is -2.15. The SMILES string of the molecule is CCCCCCCC(=O)OCC(O)COP(=O)(O)OCCNC(=O)CCCCCC. The van der Waals surface area contributed by atoms with E-state index in [-0.39, 0.29) is 32.1 Å². The maximum atomic E-state index is 11.8. The van der Waals surface area contributed by atoms with Crippen LogP contribution >= 0.6 is 7.82 Å². The summed E-state index contributed by atoms with van der Waals surface area (Å²) in [5.41, 5.74) is 0. The molecule has 2 unspecified atom stereocenters. The van der Waals surface area contributed by atoms with Crippen LogP contribution in [0.1, 0.15) is 84.5 Å². The molecule has 0 spiro atoms. The first-order valence-electron chi connectivity index (χ1n) is 11.0. The molecule has 0 saturated heterocycles. The van der Waals surface area contributed by atoms with Gasteiger partial charge in [0.05, 0.1) is 13.2 Å². The molecule has 30 heavy (non-hydrogen) atoms. The second kappa shape index (κ2) is 18.8. The van der Waals surface area contributed by atoms with Gasteiger partial charge in [0, 0.05) is 19.4 Å². The summed E-state index contributed by atoms with van der Waals surface area (Å²) in [6, 6.07) is 0. The minimum absolute atomic E-state index is 0.0823. The highest BCUT2D eigenvalue weighted by molar-refractivity contribution is 7.47. The molecule has 0 radical (unpaired) electrons. The quantitative estimate of drug-likeness (QED) is 0.145. The Hall–Kier alpha value is -0.990. The highest BCUT2D eigenvalue weighted by Crippen LogP contribution is 2.42. The fourth-order valence-corrected chi connectivity index (χ4v) is 3.31. The molecule has 2 atom stereocenters. The number of nitrogens with one attached hydrogen (secondary N) is 1. The molecule has 0 aromatic carbocycles. The third kappa shape index (κ3) is 19.0. The van der Waals surface area contributed by atoms with Crippen LogP contribution in [0.2, 0.25) is 0 Å². The van der Waals surface area contributed by atoms with Crippen molar-refractivity contribution in [2.75, 3.05) is 26.4 Å². The monoisotopic (exact) mass is 453 g/mol. The van der Waals surface area contributed by atoms with Gasteiger partial charge in [-0.25, -0.2) is 4.57 Å². The van der Waals surface area contributed by atoms with Gasteiger partial charge >= 0.3 is 13.8 Å². The molecule has 0 rings (SSSR count). The van der Waals surface area contributed by atoms with Crippen molar-refractivity contribution in [3.8, 4) is 0 Å². The number of phosphoric ester groups is 1. The Morgan fingerprint density at radius 2 is 1.50 bits per heavy atom. The molecule has 0 aliphatic carbocycles. The second-order valence-corrected chi connectivity index (χ2v) is 8.71. The number of ether oxygens (including phenoxy) is 1. The number of phosphoric acid groups is 1. The van der Waals surface area contributed by atoms with Gasteiger partial charge in [-0.2, -0.15) is 0 Å². The van der Waals surface area contributed by atoms with Crippen LogP contribution in [0.4, 0.5) is 0 Å². The van der Waals surface area contributed by atoms with Crippen molar-refractivity contribution in [3.63, 3.8) is 0 Å². The zero-order valence-electron chi connectivity index (χ0n) is 18.5. The number of hydrogen-bond acceptors (Lipinski definition) is 7. The van der Waals surface area contributed by atoms with Crippen molar-refractivity contribution in [2.24, 2.45) is 0 Å². The minimum atomic E-state index is -4.36. The predicted octanol–water partition coefficient (Wildman–Crippen LogP) is 3.47. The van der Waals surface area contributed by atoms with Crippen LogP contribution in [0, 0.1) is 0 Å². The molecule has 10 heteroatoms. The van der Waals surface area contributed by atoms with E-state index in [1.807, 2.05) is 0 Å². The van der Waals surface area contributed by atoms with Gasteiger partial charge in [-0.15, -0.1) is 0 Å². The molecule has 9 nitrogen and oxygen atoms in total. The van der Waals surface area contributed by atoms with Crippen LogP contribution in [0.25, 0.3) is 0 Å². The predicted molar refractivity (Wildman–Crippen MR) is 114 cm³/mol. The van der Waals surface area contributed by atoms with E-state index in [2.05, 4.69) is 23.7 Å². The molecular weight excluding hydrogens is 413 g/mol. The maximum Gasteiger partial charge on any atom is 0.472 e. The molecule has 0 fully saturated rings. The van der Waals surface area contributed by atoms with Gasteiger partial charge in [0.2, 0.25) is 5.91 Å². The van der Waals surface area contributed by atoms with Crippen LogP contribution in [-0.2, 0) is 27.9 Å². The lowest BCUT2D eigenvalue weighted by atomic mass is 10.1. The number of unbranched alkanes of at least 4 members (excludes halogenated alkanes) is 7. The molecule has 0 bridgehead atoms. The fraction of sp³-hybridized carbons (Fsp3) is 0.900. The van der Waals surface area contributed by atoms with Gasteiger partial charge in [0.1, 0.15) is 12.7 Å². The third-order valence-electron chi connectivity index (χ3n) is 4.29. The molecule has 178 valence electrons. The largest absolute Gasteiger partial charge is 0.472 e. The Labute approximate surface area is 180 Å². The van der Waals surface area contributed by atoms with Crippen LogP contribution in [0.3, 0.4) is 0 Å². The summed E-state index contributed by atoms with van der Waals surface area (Å²) in [5.74, 6) is -0.551. The average molecular weight is 454 g/mol. The van der Waals surface area contributed by atoms with E-state index in [4.69, 9.17) is 9.26 Å². The van der Waals surface area contributed by atoms with Gasteiger partial charge in [-0.3, -0.25) is 18.6 Å². The van der Waals surface area contributed by atoms with Gasteiger partial charge in [0.15, 0.2) is 0 Å². The first-order valence-corrected chi connectivity index (χ1v) is 12.5. The number of carbonyl (C=O) groups excluding carboxylic acids is 2. The van der Waals surface area contributed by atoms with E-state index < -0.39 is 26.5 Å². The van der Waals surface area contributed by atoms with Crippen molar-refractivity contribution < 1.29 is 37.9 Å². The molecule has 3 N–H and O–H groups in total. The Morgan fingerprint density at radius 3 is 2.17 bits per heavy atom. The summed E-state index contributed by atoms with van der Waals surface area (Å²) in [6.07, 6.45) is 8.49. The van der Waals surface area contributed by atoms with Gasteiger partial charge < -0.3 is 20.1 Å². The Morgan fingerprint density at radius 1 is 0.900 bits per heavy atom. The lowest BCUT2D eigenvalue weighted by molar-refractivity contribution is -0.147. The van der Waals surface area contributed by atoms with Gasteiger partial charge in [-0.1, -0.05) is 58.8 Å². The number of aliphatic hydroxyl groups is 1. The van der Waals surface area contributed by atoms with Gasteiger partial charge in [0.25, 0.3) is 0 Å². The average Bonchev–Trinajstić information content (AvgIpc) is 2.71. The van der Waals surface area contributed by atoms with Crippen LogP contribution in [-0.4, -0.2) is 54.3 Å². The molecule has 0 aromatic heterocycles. The molecule has 0 aromatic rings. The zero-order chi connectivity index (χ0) is 22.7. The fourth-order valence-electron chi connectivity index (χ4n) is 2.55. The van der Waals surface area contributed by atoms with Crippen molar-refractivity contribution in [2.45, 2.75) is 90.6 Å². The highest BCUT2D eigenvalue weighted by atomic mass is 31.2. The summed E-state index contributed by atoms with van der Waals surface area (Å²) >= 11 is 0. The normalized spacial score (nSPS) is 14.1. The van der Waals surface area contributed by atoms with E-state index in [9.17, 15) is 24.2 Å². The van der Waals surface area contributed by atoms with Crippen molar-refractivity contribution in [1.29, 1.82) is 0 Å².